The van der Waals surface area contributed by atoms with Crippen LogP contribution in [0.15, 0.2) is 17.5 Å². The first-order chi connectivity index (χ1) is 7.38. The molecule has 2 aliphatic rings. The van der Waals surface area contributed by atoms with Crippen molar-refractivity contribution in [2.24, 2.45) is 0 Å². The van der Waals surface area contributed by atoms with Gasteiger partial charge >= 0.3 is 0 Å². The maximum atomic E-state index is 6.08. The second-order valence-electron chi connectivity index (χ2n) is 4.21. The predicted molar refractivity (Wildman–Crippen MR) is 58.9 cm³/mol. The Morgan fingerprint density at radius 2 is 2.27 bits per heavy atom. The van der Waals surface area contributed by atoms with Gasteiger partial charge in [-0.05, 0) is 37.4 Å². The fourth-order valence-electron chi connectivity index (χ4n) is 2.23. The van der Waals surface area contributed by atoms with E-state index in [1.165, 1.54) is 4.88 Å². The zero-order valence-electron chi connectivity index (χ0n) is 8.57. The highest BCUT2D eigenvalue weighted by Crippen LogP contribution is 2.39. The Morgan fingerprint density at radius 1 is 1.40 bits per heavy atom. The molecule has 0 aromatic carbocycles. The molecule has 2 fully saturated rings. The van der Waals surface area contributed by atoms with Crippen LogP contribution in [0.4, 0.5) is 0 Å². The quantitative estimate of drug-likeness (QED) is 0.792. The molecular formula is C11H15NO2S. The predicted octanol–water partition coefficient (Wildman–Crippen LogP) is 1.92. The van der Waals surface area contributed by atoms with Crippen LogP contribution in [0.2, 0.25) is 0 Å². The summed E-state index contributed by atoms with van der Waals surface area (Å²) >= 11 is 1.70. The Kier molecular flexibility index (Phi) is 2.52. The normalized spacial score (nSPS) is 29.7. The molecule has 82 valence electrons. The summed E-state index contributed by atoms with van der Waals surface area (Å²) in [6.45, 7) is 2.83. The third kappa shape index (κ3) is 1.83. The highest BCUT2D eigenvalue weighted by Gasteiger charge is 2.42. The van der Waals surface area contributed by atoms with Crippen molar-refractivity contribution < 1.29 is 9.47 Å². The van der Waals surface area contributed by atoms with Crippen LogP contribution >= 0.6 is 11.3 Å². The molecule has 15 heavy (non-hydrogen) atoms. The second-order valence-corrected chi connectivity index (χ2v) is 5.19. The van der Waals surface area contributed by atoms with Crippen LogP contribution in [-0.4, -0.2) is 25.3 Å². The maximum Gasteiger partial charge on any atom is 0.193 e. The summed E-state index contributed by atoms with van der Waals surface area (Å²) in [6.07, 6.45) is 2.01. The van der Waals surface area contributed by atoms with Crippen molar-refractivity contribution in [2.75, 3.05) is 19.7 Å². The van der Waals surface area contributed by atoms with Crippen LogP contribution in [0.3, 0.4) is 0 Å². The van der Waals surface area contributed by atoms with E-state index >= 15 is 0 Å². The van der Waals surface area contributed by atoms with Gasteiger partial charge in [0, 0.05) is 0 Å². The minimum atomic E-state index is -0.122. The molecule has 1 spiro atoms. The molecule has 0 radical (unpaired) electrons. The van der Waals surface area contributed by atoms with Gasteiger partial charge in [0.1, 0.15) is 0 Å². The minimum absolute atomic E-state index is 0.0140. The lowest BCUT2D eigenvalue weighted by atomic mass is 9.94. The van der Waals surface area contributed by atoms with E-state index in [9.17, 15) is 0 Å². The van der Waals surface area contributed by atoms with Crippen molar-refractivity contribution in [3.8, 4) is 0 Å². The van der Waals surface area contributed by atoms with Crippen molar-refractivity contribution in [3.63, 3.8) is 0 Å². The van der Waals surface area contributed by atoms with Gasteiger partial charge in [0.15, 0.2) is 6.29 Å². The van der Waals surface area contributed by atoms with Crippen molar-refractivity contribution >= 4 is 11.3 Å². The van der Waals surface area contributed by atoms with E-state index in [4.69, 9.17) is 9.47 Å². The third-order valence-corrected chi connectivity index (χ3v) is 4.04. The smallest absolute Gasteiger partial charge is 0.193 e. The van der Waals surface area contributed by atoms with Crippen molar-refractivity contribution in [2.45, 2.75) is 24.7 Å². The van der Waals surface area contributed by atoms with Crippen LogP contribution in [0.5, 0.6) is 0 Å². The summed E-state index contributed by atoms with van der Waals surface area (Å²) in [5.74, 6) is 0. The third-order valence-electron chi connectivity index (χ3n) is 3.15. The Balaban J connectivity index is 1.72. The lowest BCUT2D eigenvalue weighted by Crippen LogP contribution is -2.43. The van der Waals surface area contributed by atoms with Gasteiger partial charge in [0.05, 0.1) is 17.1 Å². The fraction of sp³-hybridized carbons (Fsp3) is 0.636. The molecule has 2 saturated heterocycles. The average molecular weight is 225 g/mol. The van der Waals surface area contributed by atoms with Gasteiger partial charge in [-0.3, -0.25) is 0 Å². The summed E-state index contributed by atoms with van der Waals surface area (Å²) < 4.78 is 11.8. The standard InChI is InChI=1S/C11H15NO2S/c1-2-9(15-7-1)10-13-8-11(14-10)3-5-12-6-4-11/h1-2,7,10,12H,3-6,8H2. The molecule has 4 heteroatoms. The van der Waals surface area contributed by atoms with Crippen molar-refractivity contribution in [1.29, 1.82) is 0 Å². The number of hydrogen-bond acceptors (Lipinski definition) is 4. The number of rotatable bonds is 1. The molecule has 0 bridgehead atoms. The van der Waals surface area contributed by atoms with Crippen LogP contribution < -0.4 is 5.32 Å². The van der Waals surface area contributed by atoms with Gasteiger partial charge in [-0.25, -0.2) is 0 Å². The molecule has 1 aromatic heterocycles. The lowest BCUT2D eigenvalue weighted by Gasteiger charge is -2.31. The molecule has 1 N–H and O–H groups in total. The first-order valence-corrected chi connectivity index (χ1v) is 6.30. The summed E-state index contributed by atoms with van der Waals surface area (Å²) in [7, 11) is 0. The molecule has 3 rings (SSSR count). The maximum absolute atomic E-state index is 6.08. The molecule has 0 amide bonds. The van der Waals surface area contributed by atoms with Crippen LogP contribution in [0.25, 0.3) is 0 Å². The van der Waals surface area contributed by atoms with Gasteiger partial charge in [0.25, 0.3) is 0 Å². The molecule has 0 saturated carbocycles. The topological polar surface area (TPSA) is 30.5 Å². The van der Waals surface area contributed by atoms with Gasteiger partial charge in [0.2, 0.25) is 0 Å². The van der Waals surface area contributed by atoms with Gasteiger partial charge in [-0.2, -0.15) is 0 Å². The molecule has 3 heterocycles. The van der Waals surface area contributed by atoms with Crippen molar-refractivity contribution in [3.05, 3.63) is 22.4 Å². The van der Waals surface area contributed by atoms with E-state index in [-0.39, 0.29) is 11.9 Å². The monoisotopic (exact) mass is 225 g/mol. The number of piperidine rings is 1. The van der Waals surface area contributed by atoms with E-state index in [1.807, 2.05) is 6.07 Å². The summed E-state index contributed by atoms with van der Waals surface area (Å²) in [6, 6.07) is 4.12. The van der Waals surface area contributed by atoms with Crippen LogP contribution in [-0.2, 0) is 9.47 Å². The van der Waals surface area contributed by atoms with Gasteiger partial charge in [-0.1, -0.05) is 6.07 Å². The average Bonchev–Trinajstić information content (AvgIpc) is 2.88. The Bertz CT molecular complexity index is 319. The van der Waals surface area contributed by atoms with Gasteiger partial charge in [-0.15, -0.1) is 11.3 Å². The SMILES string of the molecule is c1csc(C2OCC3(CCNCC3)O2)c1. The highest BCUT2D eigenvalue weighted by molar-refractivity contribution is 7.10. The number of thiophene rings is 1. The summed E-state index contributed by atoms with van der Waals surface area (Å²) in [5.41, 5.74) is -0.0140. The molecule has 1 unspecified atom stereocenters. The van der Waals surface area contributed by atoms with E-state index in [0.29, 0.717) is 0 Å². The summed E-state index contributed by atoms with van der Waals surface area (Å²) in [5, 5.41) is 5.42. The zero-order chi connectivity index (χ0) is 10.1. The van der Waals surface area contributed by atoms with Crippen molar-refractivity contribution in [1.82, 2.24) is 5.32 Å². The number of nitrogens with one attached hydrogen (secondary N) is 1. The molecular weight excluding hydrogens is 210 g/mol. The van der Waals surface area contributed by atoms with Crippen LogP contribution in [0.1, 0.15) is 24.0 Å². The molecule has 1 aromatic rings. The Hall–Kier alpha value is -0.420. The highest BCUT2D eigenvalue weighted by atomic mass is 32.1. The Morgan fingerprint density at radius 3 is 3.00 bits per heavy atom. The van der Waals surface area contributed by atoms with E-state index in [1.54, 1.807) is 11.3 Å². The number of ether oxygens (including phenoxy) is 2. The second kappa shape index (κ2) is 3.87. The lowest BCUT2D eigenvalue weighted by molar-refractivity contribution is -0.0985. The fourth-order valence-corrected chi connectivity index (χ4v) is 2.93. The van der Waals surface area contributed by atoms with E-state index in [0.717, 1.165) is 32.5 Å². The molecule has 1 atom stereocenters. The summed E-state index contributed by atoms with van der Waals surface area (Å²) in [4.78, 5) is 1.19. The minimum Gasteiger partial charge on any atom is -0.345 e. The molecule has 3 nitrogen and oxygen atoms in total. The van der Waals surface area contributed by atoms with E-state index in [2.05, 4.69) is 16.8 Å². The van der Waals surface area contributed by atoms with E-state index < -0.39 is 0 Å². The Labute approximate surface area is 93.4 Å². The van der Waals surface area contributed by atoms with Crippen LogP contribution in [0, 0.1) is 0 Å². The number of hydrogen-bond donors (Lipinski definition) is 1. The first-order valence-electron chi connectivity index (χ1n) is 5.42. The largest absolute Gasteiger partial charge is 0.345 e. The molecule has 0 aliphatic carbocycles. The zero-order valence-corrected chi connectivity index (χ0v) is 9.39. The molecule has 2 aliphatic heterocycles. The first kappa shape index (κ1) is 9.78. The van der Waals surface area contributed by atoms with Gasteiger partial charge < -0.3 is 14.8 Å².